The predicted molar refractivity (Wildman–Crippen MR) is 87.1 cm³/mol. The van der Waals surface area contributed by atoms with Crippen molar-refractivity contribution in [3.63, 3.8) is 0 Å². The Bertz CT molecular complexity index is 805. The van der Waals surface area contributed by atoms with Crippen molar-refractivity contribution in [2.45, 2.75) is 19.3 Å². The van der Waals surface area contributed by atoms with Crippen molar-refractivity contribution in [3.05, 3.63) is 41.5 Å². The molecular formula is C17H18N2O3S. The second-order valence-electron chi connectivity index (χ2n) is 5.98. The lowest BCUT2D eigenvalue weighted by Crippen LogP contribution is -2.39. The first kappa shape index (κ1) is 15.8. The third kappa shape index (κ3) is 3.15. The van der Waals surface area contributed by atoms with Crippen molar-refractivity contribution in [3.8, 4) is 6.07 Å². The first-order chi connectivity index (χ1) is 11.0. The smallest absolute Gasteiger partial charge is 0.253 e. The second kappa shape index (κ2) is 6.17. The summed E-state index contributed by atoms with van der Waals surface area (Å²) >= 11 is 0. The van der Waals surface area contributed by atoms with Crippen LogP contribution in [0.3, 0.4) is 0 Å². The monoisotopic (exact) mass is 330 g/mol. The fourth-order valence-electron chi connectivity index (χ4n) is 3.13. The molecule has 1 amide bonds. The van der Waals surface area contributed by atoms with Crippen LogP contribution in [0.4, 0.5) is 0 Å². The molecule has 5 nitrogen and oxygen atoms in total. The SMILES string of the molecule is N#C[C@@H]1CCCN(C(=O)c2cccc(C3=CCCS3(=O)=O)c2)C1. The summed E-state index contributed by atoms with van der Waals surface area (Å²) in [6.07, 6.45) is 3.88. The van der Waals surface area contributed by atoms with Gasteiger partial charge in [0, 0.05) is 18.7 Å². The molecule has 1 aromatic rings. The maximum absolute atomic E-state index is 12.6. The summed E-state index contributed by atoms with van der Waals surface area (Å²) in [4.78, 5) is 14.6. The van der Waals surface area contributed by atoms with E-state index in [4.69, 9.17) is 5.26 Å². The average Bonchev–Trinajstić information content (AvgIpc) is 2.93. The molecule has 2 heterocycles. The number of benzene rings is 1. The number of carbonyl (C=O) groups is 1. The molecule has 0 radical (unpaired) electrons. The van der Waals surface area contributed by atoms with Gasteiger partial charge < -0.3 is 4.90 Å². The van der Waals surface area contributed by atoms with Crippen LogP contribution in [0, 0.1) is 17.2 Å². The predicted octanol–water partition coefficient (Wildman–Crippen LogP) is 2.22. The maximum Gasteiger partial charge on any atom is 0.253 e. The summed E-state index contributed by atoms with van der Waals surface area (Å²) in [6.45, 7) is 1.09. The Kier molecular flexibility index (Phi) is 4.22. The summed E-state index contributed by atoms with van der Waals surface area (Å²) in [6, 6.07) is 9.00. The molecule has 2 aliphatic heterocycles. The van der Waals surface area contributed by atoms with E-state index >= 15 is 0 Å². The zero-order valence-corrected chi connectivity index (χ0v) is 13.6. The summed E-state index contributed by atoms with van der Waals surface area (Å²) in [5.41, 5.74) is 1.05. The van der Waals surface area contributed by atoms with Gasteiger partial charge in [-0.2, -0.15) is 5.26 Å². The Morgan fingerprint density at radius 3 is 2.87 bits per heavy atom. The lowest BCUT2D eigenvalue weighted by Gasteiger charge is -2.29. The van der Waals surface area contributed by atoms with Crippen LogP contribution in [-0.2, 0) is 9.84 Å². The highest BCUT2D eigenvalue weighted by Crippen LogP contribution is 2.29. The highest BCUT2D eigenvalue weighted by molar-refractivity contribution is 8.00. The molecule has 3 rings (SSSR count). The Hall–Kier alpha value is -2.13. The highest BCUT2D eigenvalue weighted by atomic mass is 32.2. The van der Waals surface area contributed by atoms with Gasteiger partial charge in [0.15, 0.2) is 9.84 Å². The van der Waals surface area contributed by atoms with Gasteiger partial charge in [0.05, 0.1) is 22.6 Å². The van der Waals surface area contributed by atoms with E-state index in [1.807, 2.05) is 0 Å². The minimum absolute atomic E-state index is 0.117. The number of allylic oxidation sites excluding steroid dienone is 1. The van der Waals surface area contributed by atoms with Crippen molar-refractivity contribution in [2.24, 2.45) is 5.92 Å². The van der Waals surface area contributed by atoms with E-state index in [0.717, 1.165) is 12.8 Å². The summed E-state index contributed by atoms with van der Waals surface area (Å²) in [7, 11) is -3.23. The van der Waals surface area contributed by atoms with Crippen LogP contribution in [0.2, 0.25) is 0 Å². The zero-order chi connectivity index (χ0) is 16.4. The average molecular weight is 330 g/mol. The van der Waals surface area contributed by atoms with Gasteiger partial charge in [0.25, 0.3) is 5.91 Å². The van der Waals surface area contributed by atoms with Crippen LogP contribution >= 0.6 is 0 Å². The molecule has 0 saturated carbocycles. The van der Waals surface area contributed by atoms with Gasteiger partial charge in [-0.15, -0.1) is 0 Å². The van der Waals surface area contributed by atoms with Crippen molar-refractivity contribution in [2.75, 3.05) is 18.8 Å². The topological polar surface area (TPSA) is 78.2 Å². The highest BCUT2D eigenvalue weighted by Gasteiger charge is 2.27. The molecule has 6 heteroatoms. The Balaban J connectivity index is 1.86. The molecule has 1 aromatic carbocycles. The number of amides is 1. The third-order valence-corrected chi connectivity index (χ3v) is 6.18. The minimum atomic E-state index is -3.23. The van der Waals surface area contributed by atoms with E-state index in [0.29, 0.717) is 35.5 Å². The molecular weight excluding hydrogens is 312 g/mol. The molecule has 23 heavy (non-hydrogen) atoms. The van der Waals surface area contributed by atoms with Gasteiger partial charge in [-0.05, 0) is 37.0 Å². The largest absolute Gasteiger partial charge is 0.337 e. The molecule has 1 fully saturated rings. The fourth-order valence-corrected chi connectivity index (χ4v) is 4.64. The minimum Gasteiger partial charge on any atom is -0.337 e. The molecule has 2 aliphatic rings. The quantitative estimate of drug-likeness (QED) is 0.833. The number of sulfone groups is 1. The number of piperidine rings is 1. The van der Waals surface area contributed by atoms with Crippen molar-refractivity contribution < 1.29 is 13.2 Å². The third-order valence-electron chi connectivity index (χ3n) is 4.34. The Labute approximate surface area is 136 Å². The molecule has 1 atom stereocenters. The van der Waals surface area contributed by atoms with Gasteiger partial charge in [-0.1, -0.05) is 18.2 Å². The Morgan fingerprint density at radius 1 is 1.35 bits per heavy atom. The summed E-state index contributed by atoms with van der Waals surface area (Å²) < 4.78 is 24.1. The van der Waals surface area contributed by atoms with Crippen LogP contribution in [-0.4, -0.2) is 38.1 Å². The first-order valence-corrected chi connectivity index (χ1v) is 9.39. The van der Waals surface area contributed by atoms with Crippen LogP contribution in [0.15, 0.2) is 30.3 Å². The number of carbonyl (C=O) groups excluding carboxylic acids is 1. The number of nitrogens with zero attached hydrogens (tertiary/aromatic N) is 2. The summed E-state index contributed by atoms with van der Waals surface area (Å²) in [5, 5.41) is 9.04. The normalized spacial score (nSPS) is 23.2. The first-order valence-electron chi connectivity index (χ1n) is 7.73. The molecule has 0 bridgehead atoms. The van der Waals surface area contributed by atoms with Crippen molar-refractivity contribution in [1.82, 2.24) is 4.90 Å². The molecule has 0 unspecified atom stereocenters. The van der Waals surface area contributed by atoms with Gasteiger partial charge in [-0.3, -0.25) is 4.79 Å². The van der Waals surface area contributed by atoms with E-state index in [-0.39, 0.29) is 17.6 Å². The summed E-state index contributed by atoms with van der Waals surface area (Å²) in [5.74, 6) is -0.118. The zero-order valence-electron chi connectivity index (χ0n) is 12.7. The van der Waals surface area contributed by atoms with E-state index in [1.54, 1.807) is 35.2 Å². The maximum atomic E-state index is 12.6. The number of likely N-dealkylation sites (tertiary alicyclic amines) is 1. The molecule has 0 spiro atoms. The number of nitriles is 1. The molecule has 120 valence electrons. The van der Waals surface area contributed by atoms with Crippen LogP contribution in [0.25, 0.3) is 4.91 Å². The second-order valence-corrected chi connectivity index (χ2v) is 8.05. The molecule has 0 aromatic heterocycles. The van der Waals surface area contributed by atoms with Gasteiger partial charge in [0.2, 0.25) is 0 Å². The van der Waals surface area contributed by atoms with Gasteiger partial charge in [-0.25, -0.2) is 8.42 Å². The standard InChI is InChI=1S/C17H18N2O3S/c18-11-13-4-2-8-19(12-13)17(20)15-6-1-5-14(10-15)16-7-3-9-23(16,21)22/h1,5-7,10,13H,2-4,8-9,12H2/t13-/m0/s1. The van der Waals surface area contributed by atoms with Crippen molar-refractivity contribution in [1.29, 1.82) is 5.26 Å². The van der Waals surface area contributed by atoms with E-state index in [1.165, 1.54) is 0 Å². The van der Waals surface area contributed by atoms with Crippen LogP contribution < -0.4 is 0 Å². The lowest BCUT2D eigenvalue weighted by atomic mass is 9.98. The van der Waals surface area contributed by atoms with E-state index in [2.05, 4.69) is 6.07 Å². The fraction of sp³-hybridized carbons (Fsp3) is 0.412. The molecule has 0 aliphatic carbocycles. The van der Waals surface area contributed by atoms with Crippen LogP contribution in [0.5, 0.6) is 0 Å². The van der Waals surface area contributed by atoms with E-state index < -0.39 is 9.84 Å². The number of rotatable bonds is 2. The Morgan fingerprint density at radius 2 is 2.17 bits per heavy atom. The van der Waals surface area contributed by atoms with Crippen molar-refractivity contribution >= 4 is 20.6 Å². The van der Waals surface area contributed by atoms with Gasteiger partial charge in [0.1, 0.15) is 0 Å². The number of hydrogen-bond donors (Lipinski definition) is 0. The van der Waals surface area contributed by atoms with E-state index in [9.17, 15) is 13.2 Å². The lowest BCUT2D eigenvalue weighted by molar-refractivity contribution is 0.0698. The number of hydrogen-bond acceptors (Lipinski definition) is 4. The van der Waals surface area contributed by atoms with Gasteiger partial charge >= 0.3 is 0 Å². The molecule has 0 N–H and O–H groups in total. The molecule has 1 saturated heterocycles. The van der Waals surface area contributed by atoms with Crippen LogP contribution in [0.1, 0.15) is 35.2 Å².